The Bertz CT molecular complexity index is 307. The Kier molecular flexibility index (Phi) is 4.43. The molecule has 1 aromatic rings. The summed E-state index contributed by atoms with van der Waals surface area (Å²) in [6, 6.07) is 4.06. The molecule has 14 heavy (non-hydrogen) atoms. The van der Waals surface area contributed by atoms with Gasteiger partial charge in [-0.1, -0.05) is 17.7 Å². The third-order valence-corrected chi connectivity index (χ3v) is 3.05. The highest BCUT2D eigenvalue weighted by Crippen LogP contribution is 2.24. The molecule has 0 spiro atoms. The van der Waals surface area contributed by atoms with Crippen LogP contribution >= 0.6 is 11.6 Å². The summed E-state index contributed by atoms with van der Waals surface area (Å²) in [6.45, 7) is 5.03. The van der Waals surface area contributed by atoms with E-state index in [9.17, 15) is 0 Å². The third kappa shape index (κ3) is 2.73. The number of hydrogen-bond acceptors (Lipinski definition) is 1. The van der Waals surface area contributed by atoms with Crippen molar-refractivity contribution in [2.45, 2.75) is 33.1 Å². The van der Waals surface area contributed by atoms with Crippen molar-refractivity contribution in [1.29, 1.82) is 0 Å². The van der Waals surface area contributed by atoms with Gasteiger partial charge in [0.25, 0.3) is 0 Å². The van der Waals surface area contributed by atoms with Crippen LogP contribution in [-0.4, -0.2) is 6.54 Å². The first kappa shape index (κ1) is 11.5. The van der Waals surface area contributed by atoms with Gasteiger partial charge in [-0.25, -0.2) is 0 Å². The van der Waals surface area contributed by atoms with E-state index < -0.39 is 0 Å². The fraction of sp³-hybridized carbons (Fsp3) is 0.500. The van der Waals surface area contributed by atoms with Gasteiger partial charge in [-0.3, -0.25) is 0 Å². The van der Waals surface area contributed by atoms with Crippen LogP contribution in [0.2, 0.25) is 5.02 Å². The van der Waals surface area contributed by atoms with Crippen LogP contribution in [0.4, 0.5) is 0 Å². The van der Waals surface area contributed by atoms with Gasteiger partial charge in [0.2, 0.25) is 0 Å². The number of aryl methyl sites for hydroxylation is 1. The van der Waals surface area contributed by atoms with Crippen LogP contribution in [0, 0.1) is 13.8 Å². The Morgan fingerprint density at radius 1 is 1.21 bits per heavy atom. The Balaban J connectivity index is 2.79. The van der Waals surface area contributed by atoms with E-state index >= 15 is 0 Å². The van der Waals surface area contributed by atoms with Crippen LogP contribution in [0.15, 0.2) is 12.1 Å². The summed E-state index contributed by atoms with van der Waals surface area (Å²) < 4.78 is 0. The zero-order valence-corrected chi connectivity index (χ0v) is 9.69. The fourth-order valence-electron chi connectivity index (χ4n) is 1.59. The van der Waals surface area contributed by atoms with E-state index in [0.717, 1.165) is 30.8 Å². The Hall–Kier alpha value is -0.530. The molecule has 0 saturated carbocycles. The SMILES string of the molecule is Cc1ccc(Cl)c(CCCCN)c1C. The van der Waals surface area contributed by atoms with Gasteiger partial charge in [-0.05, 0) is 62.4 Å². The van der Waals surface area contributed by atoms with E-state index in [4.69, 9.17) is 17.3 Å². The highest BCUT2D eigenvalue weighted by atomic mass is 35.5. The normalized spacial score (nSPS) is 10.6. The lowest BCUT2D eigenvalue weighted by molar-refractivity contribution is 0.742. The molecule has 0 aliphatic rings. The second-order valence-corrected chi connectivity index (χ2v) is 4.12. The van der Waals surface area contributed by atoms with E-state index in [1.165, 1.54) is 16.7 Å². The minimum atomic E-state index is 0.766. The fourth-order valence-corrected chi connectivity index (χ4v) is 1.89. The molecule has 1 aromatic carbocycles. The van der Waals surface area contributed by atoms with Crippen LogP contribution in [-0.2, 0) is 6.42 Å². The lowest BCUT2D eigenvalue weighted by Crippen LogP contribution is -2.00. The average molecular weight is 212 g/mol. The summed E-state index contributed by atoms with van der Waals surface area (Å²) in [6.07, 6.45) is 3.24. The molecule has 0 amide bonds. The highest BCUT2D eigenvalue weighted by Gasteiger charge is 2.05. The summed E-state index contributed by atoms with van der Waals surface area (Å²) in [5, 5.41) is 0.894. The Labute approximate surface area is 91.3 Å². The number of rotatable bonds is 4. The lowest BCUT2D eigenvalue weighted by Gasteiger charge is -2.10. The molecule has 0 saturated heterocycles. The van der Waals surface area contributed by atoms with Crippen molar-refractivity contribution in [3.05, 3.63) is 33.8 Å². The molecule has 78 valence electrons. The molecule has 1 rings (SSSR count). The number of benzene rings is 1. The minimum Gasteiger partial charge on any atom is -0.330 e. The van der Waals surface area contributed by atoms with Gasteiger partial charge in [0, 0.05) is 5.02 Å². The van der Waals surface area contributed by atoms with Crippen LogP contribution in [0.25, 0.3) is 0 Å². The number of nitrogens with two attached hydrogens (primary N) is 1. The van der Waals surface area contributed by atoms with Gasteiger partial charge < -0.3 is 5.73 Å². The predicted molar refractivity (Wildman–Crippen MR) is 62.9 cm³/mol. The number of hydrogen-bond donors (Lipinski definition) is 1. The van der Waals surface area contributed by atoms with Gasteiger partial charge in [0.1, 0.15) is 0 Å². The Morgan fingerprint density at radius 3 is 2.57 bits per heavy atom. The topological polar surface area (TPSA) is 26.0 Å². The van der Waals surface area contributed by atoms with E-state index in [2.05, 4.69) is 19.9 Å². The Morgan fingerprint density at radius 2 is 1.93 bits per heavy atom. The minimum absolute atomic E-state index is 0.766. The van der Waals surface area contributed by atoms with Crippen LogP contribution in [0.5, 0.6) is 0 Å². The first-order chi connectivity index (χ1) is 6.66. The maximum atomic E-state index is 6.15. The standard InChI is InChI=1S/C12H18ClN/c1-9-6-7-12(13)11(10(9)2)5-3-4-8-14/h6-7H,3-5,8,14H2,1-2H3. The van der Waals surface area contributed by atoms with E-state index in [-0.39, 0.29) is 0 Å². The van der Waals surface area contributed by atoms with Crippen molar-refractivity contribution < 1.29 is 0 Å². The monoisotopic (exact) mass is 211 g/mol. The van der Waals surface area contributed by atoms with Crippen molar-refractivity contribution >= 4 is 11.6 Å². The van der Waals surface area contributed by atoms with Crippen molar-refractivity contribution in [3.8, 4) is 0 Å². The maximum absolute atomic E-state index is 6.15. The molecule has 0 bridgehead atoms. The van der Waals surface area contributed by atoms with Gasteiger partial charge in [0.05, 0.1) is 0 Å². The molecule has 0 aromatic heterocycles. The molecule has 0 fully saturated rings. The molecular formula is C12H18ClN. The molecule has 0 aliphatic heterocycles. The molecular weight excluding hydrogens is 194 g/mol. The predicted octanol–water partition coefficient (Wildman–Crippen LogP) is 3.24. The zero-order valence-electron chi connectivity index (χ0n) is 8.94. The van der Waals surface area contributed by atoms with Crippen molar-refractivity contribution in [3.63, 3.8) is 0 Å². The van der Waals surface area contributed by atoms with Gasteiger partial charge >= 0.3 is 0 Å². The average Bonchev–Trinajstić information content (AvgIpc) is 2.18. The molecule has 2 N–H and O–H groups in total. The zero-order chi connectivity index (χ0) is 10.6. The summed E-state index contributed by atoms with van der Waals surface area (Å²) in [7, 11) is 0. The first-order valence-corrected chi connectivity index (χ1v) is 5.49. The summed E-state index contributed by atoms with van der Waals surface area (Å²) in [4.78, 5) is 0. The van der Waals surface area contributed by atoms with Crippen molar-refractivity contribution in [1.82, 2.24) is 0 Å². The maximum Gasteiger partial charge on any atom is 0.0440 e. The quantitative estimate of drug-likeness (QED) is 0.761. The molecule has 0 heterocycles. The molecule has 0 aliphatic carbocycles. The first-order valence-electron chi connectivity index (χ1n) is 5.11. The van der Waals surface area contributed by atoms with Crippen LogP contribution in [0.3, 0.4) is 0 Å². The second kappa shape index (κ2) is 5.38. The van der Waals surface area contributed by atoms with Crippen molar-refractivity contribution in [2.75, 3.05) is 6.54 Å². The van der Waals surface area contributed by atoms with Crippen LogP contribution < -0.4 is 5.73 Å². The highest BCUT2D eigenvalue weighted by molar-refractivity contribution is 6.31. The smallest absolute Gasteiger partial charge is 0.0440 e. The van der Waals surface area contributed by atoms with E-state index in [0.29, 0.717) is 0 Å². The third-order valence-electron chi connectivity index (χ3n) is 2.69. The largest absolute Gasteiger partial charge is 0.330 e. The molecule has 2 heteroatoms. The molecule has 0 radical (unpaired) electrons. The molecule has 1 nitrogen and oxygen atoms in total. The van der Waals surface area contributed by atoms with E-state index in [1.54, 1.807) is 0 Å². The van der Waals surface area contributed by atoms with E-state index in [1.807, 2.05) is 6.07 Å². The van der Waals surface area contributed by atoms with Gasteiger partial charge in [0.15, 0.2) is 0 Å². The lowest BCUT2D eigenvalue weighted by atomic mass is 9.99. The summed E-state index contributed by atoms with van der Waals surface area (Å²) >= 11 is 6.15. The summed E-state index contributed by atoms with van der Waals surface area (Å²) in [5.41, 5.74) is 9.40. The van der Waals surface area contributed by atoms with Crippen molar-refractivity contribution in [2.24, 2.45) is 5.73 Å². The number of halogens is 1. The molecule has 0 unspecified atom stereocenters. The van der Waals surface area contributed by atoms with Gasteiger partial charge in [-0.2, -0.15) is 0 Å². The number of unbranched alkanes of at least 4 members (excludes halogenated alkanes) is 1. The second-order valence-electron chi connectivity index (χ2n) is 3.71. The molecule has 0 atom stereocenters. The van der Waals surface area contributed by atoms with Gasteiger partial charge in [-0.15, -0.1) is 0 Å². The summed E-state index contributed by atoms with van der Waals surface area (Å²) in [5.74, 6) is 0. The van der Waals surface area contributed by atoms with Crippen LogP contribution in [0.1, 0.15) is 29.5 Å².